The molecule has 0 spiro atoms. The second-order valence-corrected chi connectivity index (χ2v) is 6.81. The van der Waals surface area contributed by atoms with Crippen LogP contribution in [-0.2, 0) is 11.2 Å². The predicted octanol–water partition coefficient (Wildman–Crippen LogP) is 2.87. The summed E-state index contributed by atoms with van der Waals surface area (Å²) in [5, 5.41) is 13.3. The van der Waals surface area contributed by atoms with Crippen LogP contribution in [0.1, 0.15) is 56.8 Å². The highest BCUT2D eigenvalue weighted by atomic mass is 16.3. The molecule has 0 aliphatic carbocycles. The first-order chi connectivity index (χ1) is 10.5. The molecule has 3 atom stereocenters. The van der Waals surface area contributed by atoms with E-state index in [1.54, 1.807) is 0 Å². The number of nitrogens with one attached hydrogen (secondary N) is 1. The first-order valence-electron chi connectivity index (χ1n) is 8.41. The molecular weight excluding hydrogens is 276 g/mol. The number of carbonyl (C=O) groups is 1. The monoisotopic (exact) mass is 302 g/mol. The van der Waals surface area contributed by atoms with Gasteiger partial charge in [0.05, 0.1) is 12.5 Å². The summed E-state index contributed by atoms with van der Waals surface area (Å²) in [4.78, 5) is 13.9. The van der Waals surface area contributed by atoms with Gasteiger partial charge in [-0.1, -0.05) is 18.6 Å². The summed E-state index contributed by atoms with van der Waals surface area (Å²) in [5.41, 5.74) is 2.81. The number of rotatable bonds is 4. The van der Waals surface area contributed by atoms with E-state index in [0.717, 1.165) is 29.8 Å². The van der Waals surface area contributed by atoms with Crippen molar-refractivity contribution in [2.75, 3.05) is 11.9 Å². The van der Waals surface area contributed by atoms with Crippen molar-refractivity contribution < 1.29 is 9.90 Å². The number of amides is 1. The zero-order valence-corrected chi connectivity index (χ0v) is 13.5. The van der Waals surface area contributed by atoms with Gasteiger partial charge in [0.2, 0.25) is 5.91 Å². The molecule has 0 saturated carbocycles. The molecule has 1 fully saturated rings. The Kier molecular flexibility index (Phi) is 4.50. The molecule has 1 aromatic rings. The number of aliphatic hydroxyl groups excluding tert-OH is 1. The van der Waals surface area contributed by atoms with Gasteiger partial charge in [0.1, 0.15) is 0 Å². The fourth-order valence-electron chi connectivity index (χ4n) is 3.81. The number of carbonyl (C=O) groups excluding carboxylic acids is 1. The van der Waals surface area contributed by atoms with Crippen LogP contribution in [0.5, 0.6) is 0 Å². The molecule has 2 aliphatic heterocycles. The van der Waals surface area contributed by atoms with E-state index in [0.29, 0.717) is 18.5 Å². The van der Waals surface area contributed by atoms with Crippen molar-refractivity contribution in [2.24, 2.45) is 0 Å². The van der Waals surface area contributed by atoms with E-state index in [1.807, 2.05) is 18.2 Å². The van der Waals surface area contributed by atoms with Crippen LogP contribution in [0.2, 0.25) is 0 Å². The SMILES string of the molecule is CC1CCCC(C)N1CCC(O)c1ccc2c(c1)CC(=O)N2. The van der Waals surface area contributed by atoms with Crippen LogP contribution in [0.25, 0.3) is 0 Å². The number of benzene rings is 1. The van der Waals surface area contributed by atoms with Crippen molar-refractivity contribution in [1.29, 1.82) is 0 Å². The van der Waals surface area contributed by atoms with Gasteiger partial charge >= 0.3 is 0 Å². The molecular formula is C18H26N2O2. The van der Waals surface area contributed by atoms with Gasteiger partial charge in [-0.05, 0) is 50.3 Å². The lowest BCUT2D eigenvalue weighted by Gasteiger charge is -2.39. The average molecular weight is 302 g/mol. The molecule has 0 radical (unpaired) electrons. The maximum atomic E-state index is 11.4. The predicted molar refractivity (Wildman–Crippen MR) is 87.8 cm³/mol. The molecule has 3 unspecified atom stereocenters. The third-order valence-electron chi connectivity index (χ3n) is 5.18. The summed E-state index contributed by atoms with van der Waals surface area (Å²) in [5.74, 6) is 0.0395. The number of anilines is 1. The first-order valence-corrected chi connectivity index (χ1v) is 8.41. The number of hydrogen-bond acceptors (Lipinski definition) is 3. The Morgan fingerprint density at radius 3 is 2.77 bits per heavy atom. The van der Waals surface area contributed by atoms with Crippen molar-refractivity contribution in [3.05, 3.63) is 29.3 Å². The maximum Gasteiger partial charge on any atom is 0.228 e. The molecule has 2 N–H and O–H groups in total. The second kappa shape index (κ2) is 6.39. The Labute approximate surface area is 132 Å². The molecule has 1 amide bonds. The second-order valence-electron chi connectivity index (χ2n) is 6.81. The summed E-state index contributed by atoms with van der Waals surface area (Å²) in [7, 11) is 0. The van der Waals surface area contributed by atoms with Gasteiger partial charge in [0, 0.05) is 24.3 Å². The van der Waals surface area contributed by atoms with Crippen LogP contribution in [0.3, 0.4) is 0 Å². The number of piperidine rings is 1. The highest BCUT2D eigenvalue weighted by Crippen LogP contribution is 2.29. The third-order valence-corrected chi connectivity index (χ3v) is 5.18. The minimum absolute atomic E-state index is 0.0395. The van der Waals surface area contributed by atoms with E-state index < -0.39 is 6.10 Å². The molecule has 0 aromatic heterocycles. The number of nitrogens with zero attached hydrogens (tertiary/aromatic N) is 1. The van der Waals surface area contributed by atoms with Gasteiger partial charge in [0.25, 0.3) is 0 Å². The Morgan fingerprint density at radius 2 is 2.05 bits per heavy atom. The average Bonchev–Trinajstić information content (AvgIpc) is 2.85. The fraction of sp³-hybridized carbons (Fsp3) is 0.611. The van der Waals surface area contributed by atoms with E-state index in [4.69, 9.17) is 0 Å². The molecule has 1 aromatic carbocycles. The Bertz CT molecular complexity index is 548. The molecule has 4 heteroatoms. The Hall–Kier alpha value is -1.39. The molecule has 22 heavy (non-hydrogen) atoms. The maximum absolute atomic E-state index is 11.4. The molecule has 3 rings (SSSR count). The van der Waals surface area contributed by atoms with Crippen molar-refractivity contribution in [3.63, 3.8) is 0 Å². The van der Waals surface area contributed by atoms with Gasteiger partial charge < -0.3 is 10.4 Å². The standard InChI is InChI=1S/C18H26N2O2/c1-12-4-3-5-13(2)20(12)9-8-17(21)14-6-7-16-15(10-14)11-18(22)19-16/h6-7,10,12-13,17,21H,3-5,8-9,11H2,1-2H3,(H,19,22). The smallest absolute Gasteiger partial charge is 0.228 e. The van der Waals surface area contributed by atoms with Crippen LogP contribution < -0.4 is 5.32 Å². The van der Waals surface area contributed by atoms with Crippen molar-refractivity contribution in [3.8, 4) is 0 Å². The minimum Gasteiger partial charge on any atom is -0.388 e. The van der Waals surface area contributed by atoms with Gasteiger partial charge in [-0.15, -0.1) is 0 Å². The highest BCUT2D eigenvalue weighted by molar-refractivity contribution is 5.99. The molecule has 1 saturated heterocycles. The minimum atomic E-state index is -0.456. The summed E-state index contributed by atoms with van der Waals surface area (Å²) in [6.07, 6.45) is 4.54. The first kappa shape index (κ1) is 15.5. The van der Waals surface area contributed by atoms with Crippen LogP contribution in [0, 0.1) is 0 Å². The van der Waals surface area contributed by atoms with Crippen LogP contribution in [0.15, 0.2) is 18.2 Å². The fourth-order valence-corrected chi connectivity index (χ4v) is 3.81. The lowest BCUT2D eigenvalue weighted by Crippen LogP contribution is -2.44. The lowest BCUT2D eigenvalue weighted by molar-refractivity contribution is -0.115. The summed E-state index contributed by atoms with van der Waals surface area (Å²) < 4.78 is 0. The van der Waals surface area contributed by atoms with Crippen molar-refractivity contribution in [2.45, 2.75) is 64.1 Å². The van der Waals surface area contributed by atoms with Gasteiger partial charge in [-0.25, -0.2) is 0 Å². The van der Waals surface area contributed by atoms with Gasteiger partial charge in [0.15, 0.2) is 0 Å². The van der Waals surface area contributed by atoms with Crippen LogP contribution in [-0.4, -0.2) is 34.5 Å². The molecule has 0 bridgehead atoms. The van der Waals surface area contributed by atoms with E-state index in [2.05, 4.69) is 24.1 Å². The number of aliphatic hydroxyl groups is 1. The normalized spacial score (nSPS) is 26.6. The highest BCUT2D eigenvalue weighted by Gasteiger charge is 2.25. The van der Waals surface area contributed by atoms with Crippen molar-refractivity contribution >= 4 is 11.6 Å². The Morgan fingerprint density at radius 1 is 1.32 bits per heavy atom. The lowest BCUT2D eigenvalue weighted by atomic mass is 9.96. The van der Waals surface area contributed by atoms with E-state index >= 15 is 0 Å². The topological polar surface area (TPSA) is 52.6 Å². The van der Waals surface area contributed by atoms with E-state index in [9.17, 15) is 9.90 Å². The van der Waals surface area contributed by atoms with Gasteiger partial charge in [-0.3, -0.25) is 9.69 Å². The number of hydrogen-bond donors (Lipinski definition) is 2. The molecule has 4 nitrogen and oxygen atoms in total. The van der Waals surface area contributed by atoms with Crippen molar-refractivity contribution in [1.82, 2.24) is 4.90 Å². The largest absolute Gasteiger partial charge is 0.388 e. The molecule has 2 aliphatic rings. The number of fused-ring (bicyclic) bond motifs is 1. The summed E-state index contributed by atoms with van der Waals surface area (Å²) in [6, 6.07) is 7.03. The van der Waals surface area contributed by atoms with E-state index in [1.165, 1.54) is 19.3 Å². The zero-order valence-electron chi connectivity index (χ0n) is 13.5. The molecule has 120 valence electrons. The quantitative estimate of drug-likeness (QED) is 0.899. The summed E-state index contributed by atoms with van der Waals surface area (Å²) >= 11 is 0. The Balaban J connectivity index is 1.61. The van der Waals surface area contributed by atoms with E-state index in [-0.39, 0.29) is 5.91 Å². The van der Waals surface area contributed by atoms with Crippen LogP contribution >= 0.6 is 0 Å². The third kappa shape index (κ3) is 3.18. The van der Waals surface area contributed by atoms with Gasteiger partial charge in [-0.2, -0.15) is 0 Å². The number of likely N-dealkylation sites (tertiary alicyclic amines) is 1. The molecule has 2 heterocycles. The van der Waals surface area contributed by atoms with Crippen LogP contribution in [0.4, 0.5) is 5.69 Å². The summed E-state index contributed by atoms with van der Waals surface area (Å²) in [6.45, 7) is 5.50. The zero-order chi connectivity index (χ0) is 15.7.